The summed E-state index contributed by atoms with van der Waals surface area (Å²) in [7, 11) is -3.59. The highest BCUT2D eigenvalue weighted by Crippen LogP contribution is 2.22. The number of hydrogen-bond donors (Lipinski definition) is 1. The molecule has 1 amide bonds. The Bertz CT molecular complexity index is 903. The van der Waals surface area contributed by atoms with E-state index in [1.54, 1.807) is 18.2 Å². The SMILES string of the molecule is CCCCc1nnc(NC(=O)c2cccc(S(=O)(=O)N3CCCCCC3)c2)s1. The van der Waals surface area contributed by atoms with Gasteiger partial charge in [0.2, 0.25) is 15.2 Å². The van der Waals surface area contributed by atoms with E-state index in [2.05, 4.69) is 22.4 Å². The lowest BCUT2D eigenvalue weighted by Gasteiger charge is -2.20. The average Bonchev–Trinajstić information content (AvgIpc) is 2.95. The third kappa shape index (κ3) is 5.15. The van der Waals surface area contributed by atoms with Gasteiger partial charge in [0.1, 0.15) is 5.01 Å². The molecule has 0 saturated carbocycles. The molecule has 1 aliphatic heterocycles. The Morgan fingerprint density at radius 1 is 1.18 bits per heavy atom. The van der Waals surface area contributed by atoms with Crippen LogP contribution in [0.2, 0.25) is 0 Å². The van der Waals surface area contributed by atoms with Crippen LogP contribution >= 0.6 is 11.3 Å². The van der Waals surface area contributed by atoms with Gasteiger partial charge in [-0.25, -0.2) is 8.42 Å². The summed E-state index contributed by atoms with van der Waals surface area (Å²) >= 11 is 1.35. The summed E-state index contributed by atoms with van der Waals surface area (Å²) in [5.41, 5.74) is 0.293. The molecule has 2 heterocycles. The van der Waals surface area contributed by atoms with Gasteiger partial charge in [-0.1, -0.05) is 43.6 Å². The minimum absolute atomic E-state index is 0.156. The Morgan fingerprint density at radius 3 is 2.64 bits per heavy atom. The van der Waals surface area contributed by atoms with E-state index in [4.69, 9.17) is 0 Å². The molecule has 1 N–H and O–H groups in total. The quantitative estimate of drug-likeness (QED) is 0.734. The molecule has 28 heavy (non-hydrogen) atoms. The molecule has 0 spiro atoms. The van der Waals surface area contributed by atoms with E-state index in [1.165, 1.54) is 21.7 Å². The van der Waals surface area contributed by atoms with Gasteiger partial charge in [-0.05, 0) is 37.5 Å². The van der Waals surface area contributed by atoms with Crippen molar-refractivity contribution in [1.29, 1.82) is 0 Å². The molecule has 2 aromatic rings. The van der Waals surface area contributed by atoms with Crippen LogP contribution in [0.1, 0.15) is 60.8 Å². The van der Waals surface area contributed by atoms with E-state index < -0.39 is 10.0 Å². The highest BCUT2D eigenvalue weighted by molar-refractivity contribution is 7.89. The molecule has 0 bridgehead atoms. The van der Waals surface area contributed by atoms with Crippen LogP contribution < -0.4 is 5.32 Å². The lowest BCUT2D eigenvalue weighted by Crippen LogP contribution is -2.32. The molecule has 1 aromatic carbocycles. The molecular formula is C19H26N4O3S2. The lowest BCUT2D eigenvalue weighted by atomic mass is 10.2. The van der Waals surface area contributed by atoms with Crippen molar-refractivity contribution < 1.29 is 13.2 Å². The molecule has 7 nitrogen and oxygen atoms in total. The zero-order valence-electron chi connectivity index (χ0n) is 16.1. The number of aromatic nitrogens is 2. The molecular weight excluding hydrogens is 396 g/mol. The van der Waals surface area contributed by atoms with Crippen molar-refractivity contribution in [1.82, 2.24) is 14.5 Å². The molecule has 1 aliphatic rings. The maximum absolute atomic E-state index is 13.0. The number of anilines is 1. The fourth-order valence-electron chi connectivity index (χ4n) is 3.13. The fraction of sp³-hybridized carbons (Fsp3) is 0.526. The number of benzene rings is 1. The number of carbonyl (C=O) groups is 1. The first kappa shape index (κ1) is 20.9. The molecule has 9 heteroatoms. The Balaban J connectivity index is 1.73. The summed E-state index contributed by atoms with van der Waals surface area (Å²) < 4.78 is 27.4. The summed E-state index contributed by atoms with van der Waals surface area (Å²) in [5.74, 6) is -0.383. The molecule has 0 unspecified atom stereocenters. The maximum Gasteiger partial charge on any atom is 0.257 e. The van der Waals surface area contributed by atoms with Crippen LogP contribution in [0.15, 0.2) is 29.2 Å². The van der Waals surface area contributed by atoms with E-state index in [-0.39, 0.29) is 10.8 Å². The Kier molecular flexibility index (Phi) is 7.14. The molecule has 152 valence electrons. The van der Waals surface area contributed by atoms with E-state index >= 15 is 0 Å². The van der Waals surface area contributed by atoms with Crippen LogP contribution in [0, 0.1) is 0 Å². The fourth-order valence-corrected chi connectivity index (χ4v) is 5.47. The Labute approximate surface area is 170 Å². The second kappa shape index (κ2) is 9.58. The largest absolute Gasteiger partial charge is 0.296 e. The molecule has 3 rings (SSSR count). The summed E-state index contributed by atoms with van der Waals surface area (Å²) in [5, 5.41) is 12.1. The normalized spacial score (nSPS) is 15.9. The van der Waals surface area contributed by atoms with Gasteiger partial charge in [-0.15, -0.1) is 10.2 Å². The highest BCUT2D eigenvalue weighted by atomic mass is 32.2. The molecule has 1 saturated heterocycles. The Morgan fingerprint density at radius 2 is 1.93 bits per heavy atom. The topological polar surface area (TPSA) is 92.3 Å². The van der Waals surface area contributed by atoms with Gasteiger partial charge < -0.3 is 0 Å². The van der Waals surface area contributed by atoms with Gasteiger partial charge in [0.05, 0.1) is 4.90 Å². The van der Waals surface area contributed by atoms with E-state index in [0.717, 1.165) is 50.0 Å². The van der Waals surface area contributed by atoms with Crippen molar-refractivity contribution in [2.45, 2.75) is 56.8 Å². The van der Waals surface area contributed by atoms with E-state index in [1.807, 2.05) is 0 Å². The van der Waals surface area contributed by atoms with Crippen molar-refractivity contribution in [3.8, 4) is 0 Å². The number of amides is 1. The predicted octanol–water partition coefficient (Wildman–Crippen LogP) is 3.70. The van der Waals surface area contributed by atoms with E-state index in [9.17, 15) is 13.2 Å². The predicted molar refractivity (Wildman–Crippen MR) is 110 cm³/mol. The summed E-state index contributed by atoms with van der Waals surface area (Å²) in [6, 6.07) is 6.20. The second-order valence-corrected chi connectivity index (χ2v) is 9.90. The number of carbonyl (C=O) groups excluding carboxylic acids is 1. The number of rotatable bonds is 7. The van der Waals surface area contributed by atoms with Crippen LogP contribution in [-0.2, 0) is 16.4 Å². The molecule has 1 fully saturated rings. The first-order valence-corrected chi connectivity index (χ1v) is 12.0. The smallest absolute Gasteiger partial charge is 0.257 e. The number of hydrogen-bond acceptors (Lipinski definition) is 6. The van der Waals surface area contributed by atoms with Crippen molar-refractivity contribution in [2.75, 3.05) is 18.4 Å². The third-order valence-corrected chi connectivity index (χ3v) is 7.52. The minimum Gasteiger partial charge on any atom is -0.296 e. The van der Waals surface area contributed by atoms with E-state index in [0.29, 0.717) is 23.8 Å². The van der Waals surface area contributed by atoms with Gasteiger partial charge in [0.15, 0.2) is 0 Å². The molecule has 0 aliphatic carbocycles. The van der Waals surface area contributed by atoms with Crippen LogP contribution in [0.4, 0.5) is 5.13 Å². The first-order chi connectivity index (χ1) is 13.5. The second-order valence-electron chi connectivity index (χ2n) is 6.90. The lowest BCUT2D eigenvalue weighted by molar-refractivity contribution is 0.102. The van der Waals surface area contributed by atoms with Crippen LogP contribution in [-0.4, -0.2) is 41.9 Å². The van der Waals surface area contributed by atoms with Gasteiger partial charge in [-0.3, -0.25) is 10.1 Å². The van der Waals surface area contributed by atoms with Gasteiger partial charge in [0, 0.05) is 25.1 Å². The maximum atomic E-state index is 13.0. The Hall–Kier alpha value is -1.84. The standard InChI is InChI=1S/C19H26N4O3S2/c1-2-3-11-17-21-22-19(27-17)20-18(24)15-9-8-10-16(14-15)28(25,26)23-12-6-4-5-7-13-23/h8-10,14H,2-7,11-13H2,1H3,(H,20,22,24). The van der Waals surface area contributed by atoms with Crippen molar-refractivity contribution in [3.63, 3.8) is 0 Å². The van der Waals surface area contributed by atoms with Crippen molar-refractivity contribution in [3.05, 3.63) is 34.8 Å². The van der Waals surface area contributed by atoms with Crippen LogP contribution in [0.3, 0.4) is 0 Å². The number of aryl methyl sites for hydroxylation is 1. The number of nitrogens with zero attached hydrogens (tertiary/aromatic N) is 3. The van der Waals surface area contributed by atoms with Crippen molar-refractivity contribution >= 4 is 32.4 Å². The average molecular weight is 423 g/mol. The number of nitrogens with one attached hydrogen (secondary N) is 1. The summed E-state index contributed by atoms with van der Waals surface area (Å²) in [6.07, 6.45) is 6.78. The van der Waals surface area contributed by atoms with Crippen LogP contribution in [0.5, 0.6) is 0 Å². The number of unbranched alkanes of at least 4 members (excludes halogenated alkanes) is 1. The monoisotopic (exact) mass is 422 g/mol. The van der Waals surface area contributed by atoms with Crippen molar-refractivity contribution in [2.24, 2.45) is 0 Å². The minimum atomic E-state index is -3.59. The molecule has 0 radical (unpaired) electrons. The zero-order valence-corrected chi connectivity index (χ0v) is 17.7. The summed E-state index contributed by atoms with van der Waals surface area (Å²) in [6.45, 7) is 3.17. The number of sulfonamides is 1. The first-order valence-electron chi connectivity index (χ1n) is 9.74. The van der Waals surface area contributed by atoms with Gasteiger partial charge in [-0.2, -0.15) is 4.31 Å². The van der Waals surface area contributed by atoms with Crippen LogP contribution in [0.25, 0.3) is 0 Å². The van der Waals surface area contributed by atoms with Gasteiger partial charge in [0.25, 0.3) is 5.91 Å². The van der Waals surface area contributed by atoms with Gasteiger partial charge >= 0.3 is 0 Å². The zero-order chi connectivity index (χ0) is 20.0. The summed E-state index contributed by atoms with van der Waals surface area (Å²) in [4.78, 5) is 12.7. The molecule has 1 aromatic heterocycles. The highest BCUT2D eigenvalue weighted by Gasteiger charge is 2.26. The molecule has 0 atom stereocenters. The third-order valence-electron chi connectivity index (χ3n) is 4.73.